The number of nitrogens with one attached hydrogen (secondary N) is 1. The molecule has 4 heterocycles. The van der Waals surface area contributed by atoms with E-state index in [1.807, 2.05) is 73.1 Å². The van der Waals surface area contributed by atoms with Crippen molar-refractivity contribution in [1.29, 1.82) is 0 Å². The fraction of sp³-hybridized carbons (Fsp3) is 0.207. The lowest BCUT2D eigenvalue weighted by Gasteiger charge is -2.24. The van der Waals surface area contributed by atoms with E-state index in [2.05, 4.69) is 14.9 Å². The van der Waals surface area contributed by atoms with Gasteiger partial charge in [0.2, 0.25) is 0 Å². The van der Waals surface area contributed by atoms with Crippen LogP contribution in [0.2, 0.25) is 0 Å². The van der Waals surface area contributed by atoms with Gasteiger partial charge >= 0.3 is 6.61 Å². The van der Waals surface area contributed by atoms with Crippen LogP contribution in [-0.4, -0.2) is 31.6 Å². The number of carbonyl (C=O) groups excluding carboxylic acids is 1. The highest BCUT2D eigenvalue weighted by Crippen LogP contribution is 2.49. The van der Waals surface area contributed by atoms with E-state index < -0.39 is 6.61 Å². The molecule has 0 spiro atoms. The van der Waals surface area contributed by atoms with Crippen molar-refractivity contribution in [2.75, 3.05) is 0 Å². The van der Waals surface area contributed by atoms with E-state index in [4.69, 9.17) is 9.72 Å². The summed E-state index contributed by atoms with van der Waals surface area (Å²) in [5.41, 5.74) is 5.83. The van der Waals surface area contributed by atoms with E-state index >= 15 is 0 Å². The molecule has 1 N–H and O–H groups in total. The third-order valence-electron chi connectivity index (χ3n) is 7.45. The molecule has 7 nitrogen and oxygen atoms in total. The Balaban J connectivity index is 1.46. The van der Waals surface area contributed by atoms with Crippen molar-refractivity contribution in [3.8, 4) is 22.6 Å². The number of hydrogen-bond donors (Lipinski definition) is 1. The second kappa shape index (κ2) is 8.24. The quantitative estimate of drug-likeness (QED) is 0.327. The lowest BCUT2D eigenvalue weighted by molar-refractivity contribution is -0.0495. The van der Waals surface area contributed by atoms with Gasteiger partial charge in [-0.25, -0.2) is 9.97 Å². The molecule has 5 aromatic rings. The zero-order valence-corrected chi connectivity index (χ0v) is 20.7. The summed E-state index contributed by atoms with van der Waals surface area (Å²) in [6, 6.07) is 17.9. The van der Waals surface area contributed by atoms with Gasteiger partial charge in [-0.2, -0.15) is 8.78 Å². The molecule has 0 fully saturated rings. The summed E-state index contributed by atoms with van der Waals surface area (Å²) in [7, 11) is 0. The molecular formula is C29H23F2N5O2. The van der Waals surface area contributed by atoms with Crippen molar-refractivity contribution in [3.63, 3.8) is 0 Å². The van der Waals surface area contributed by atoms with Crippen LogP contribution < -0.4 is 10.1 Å². The normalized spacial score (nSPS) is 17.9. The molecule has 0 aliphatic carbocycles. The van der Waals surface area contributed by atoms with Crippen molar-refractivity contribution >= 4 is 16.9 Å². The number of hydrogen-bond acceptors (Lipinski definition) is 4. The largest absolute Gasteiger partial charge is 0.434 e. The number of halogens is 2. The standard InChI is InChI=1S/C29H23F2N5O2/c1-15-14-35(16(2)32-15)18-9-7-17(8-10-18)25-24(38-29(30)31)12-11-19-26(25)23-13-21(34-28(19)37)27-33-20-5-3-4-6-22(20)36(23)27/h3-12,14,21,23,29H,13H2,1-2H3,(H,34,37)/t21-,23-/m1/s1. The van der Waals surface area contributed by atoms with Crippen LogP contribution in [0.3, 0.4) is 0 Å². The number of nitrogens with zero attached hydrogens (tertiary/aromatic N) is 4. The number of ether oxygens (including phenoxy) is 1. The molecule has 1 amide bonds. The molecule has 0 unspecified atom stereocenters. The minimum Gasteiger partial charge on any atom is -0.434 e. The minimum absolute atomic E-state index is 0.0327. The van der Waals surface area contributed by atoms with E-state index in [-0.39, 0.29) is 23.7 Å². The number of alkyl halides is 2. The summed E-state index contributed by atoms with van der Waals surface area (Å²) in [5.74, 6) is 1.39. The fourth-order valence-corrected chi connectivity index (χ4v) is 5.98. The third-order valence-corrected chi connectivity index (χ3v) is 7.45. The van der Waals surface area contributed by atoms with Crippen LogP contribution in [0.1, 0.15) is 51.8 Å². The molecule has 2 aliphatic rings. The zero-order chi connectivity index (χ0) is 26.1. The Morgan fingerprint density at radius 3 is 2.55 bits per heavy atom. The van der Waals surface area contributed by atoms with Gasteiger partial charge in [0, 0.05) is 23.0 Å². The van der Waals surface area contributed by atoms with E-state index in [1.54, 1.807) is 6.07 Å². The monoisotopic (exact) mass is 511 g/mol. The molecule has 2 aromatic heterocycles. The van der Waals surface area contributed by atoms with Crippen molar-refractivity contribution in [2.24, 2.45) is 0 Å². The van der Waals surface area contributed by atoms with E-state index in [1.165, 1.54) is 6.07 Å². The molecular weight excluding hydrogens is 488 g/mol. The maximum atomic E-state index is 13.6. The zero-order valence-electron chi connectivity index (χ0n) is 20.7. The Bertz CT molecular complexity index is 1740. The number of carbonyl (C=O) groups is 1. The first-order valence-corrected chi connectivity index (χ1v) is 12.4. The van der Waals surface area contributed by atoms with E-state index in [0.29, 0.717) is 28.7 Å². The van der Waals surface area contributed by atoms with Crippen LogP contribution in [0.5, 0.6) is 5.75 Å². The van der Waals surface area contributed by atoms with Gasteiger partial charge in [0.05, 0.1) is 28.8 Å². The summed E-state index contributed by atoms with van der Waals surface area (Å²) >= 11 is 0. The highest BCUT2D eigenvalue weighted by molar-refractivity contribution is 6.00. The molecule has 0 radical (unpaired) electrons. The number of fused-ring (bicyclic) bond motifs is 9. The summed E-state index contributed by atoms with van der Waals surface area (Å²) in [5, 5.41) is 3.10. The maximum Gasteiger partial charge on any atom is 0.387 e. The molecule has 3 aromatic carbocycles. The summed E-state index contributed by atoms with van der Waals surface area (Å²) < 4.78 is 36.3. The summed E-state index contributed by atoms with van der Waals surface area (Å²) in [4.78, 5) is 22.6. The molecule has 38 heavy (non-hydrogen) atoms. The predicted octanol–water partition coefficient (Wildman–Crippen LogP) is 5.88. The van der Waals surface area contributed by atoms with Gasteiger partial charge in [-0.3, -0.25) is 4.79 Å². The Morgan fingerprint density at radius 2 is 1.82 bits per heavy atom. The number of benzene rings is 3. The third kappa shape index (κ3) is 3.34. The number of amides is 1. The molecule has 2 bridgehead atoms. The van der Waals surface area contributed by atoms with Crippen LogP contribution in [-0.2, 0) is 0 Å². The summed E-state index contributed by atoms with van der Waals surface area (Å²) in [6.45, 7) is 0.844. The Morgan fingerprint density at radius 1 is 1.03 bits per heavy atom. The fourth-order valence-electron chi connectivity index (χ4n) is 5.98. The van der Waals surface area contributed by atoms with E-state index in [0.717, 1.165) is 34.1 Å². The first kappa shape index (κ1) is 22.7. The topological polar surface area (TPSA) is 74.0 Å². The van der Waals surface area contributed by atoms with Gasteiger partial charge in [0.25, 0.3) is 5.91 Å². The van der Waals surface area contributed by atoms with Gasteiger partial charge in [0.1, 0.15) is 17.4 Å². The average molecular weight is 512 g/mol. The maximum absolute atomic E-state index is 13.6. The second-order valence-electron chi connectivity index (χ2n) is 9.73. The molecule has 9 heteroatoms. The Kier molecular flexibility index (Phi) is 4.91. The molecule has 0 saturated heterocycles. The lowest BCUT2D eigenvalue weighted by Crippen LogP contribution is -2.28. The van der Waals surface area contributed by atoms with E-state index in [9.17, 15) is 13.6 Å². The number of aryl methyl sites for hydroxylation is 2. The first-order chi connectivity index (χ1) is 18.4. The molecule has 7 rings (SSSR count). The highest BCUT2D eigenvalue weighted by Gasteiger charge is 2.42. The van der Waals surface area contributed by atoms with Crippen molar-refractivity contribution in [1.82, 2.24) is 24.4 Å². The van der Waals surface area contributed by atoms with Crippen molar-refractivity contribution < 1.29 is 18.3 Å². The smallest absolute Gasteiger partial charge is 0.387 e. The van der Waals surface area contributed by atoms with Gasteiger partial charge in [-0.05, 0) is 67.8 Å². The second-order valence-corrected chi connectivity index (χ2v) is 9.73. The first-order valence-electron chi connectivity index (χ1n) is 12.4. The molecule has 0 saturated carbocycles. The molecule has 2 atom stereocenters. The SMILES string of the molecule is Cc1cn(-c2ccc(-c3c(OC(F)F)ccc4c3[C@H]3C[C@@H](NC4=O)c4nc5ccccc5n43)cc2)c(C)n1. The number of aromatic nitrogens is 4. The Labute approximate surface area is 216 Å². The van der Waals surface area contributed by atoms with Crippen molar-refractivity contribution in [3.05, 3.63) is 95.3 Å². The van der Waals surface area contributed by atoms with Gasteiger partial charge in [-0.1, -0.05) is 24.3 Å². The van der Waals surface area contributed by atoms with Crippen LogP contribution in [0.4, 0.5) is 8.78 Å². The number of rotatable bonds is 4. The van der Waals surface area contributed by atoms with Crippen LogP contribution >= 0.6 is 0 Å². The predicted molar refractivity (Wildman–Crippen MR) is 138 cm³/mol. The number of imidazole rings is 2. The summed E-state index contributed by atoms with van der Waals surface area (Å²) in [6.07, 6.45) is 2.52. The van der Waals surface area contributed by atoms with Gasteiger partial charge in [-0.15, -0.1) is 0 Å². The van der Waals surface area contributed by atoms with Crippen LogP contribution in [0.25, 0.3) is 27.8 Å². The molecule has 190 valence electrons. The average Bonchev–Trinajstić information content (AvgIpc) is 3.52. The highest BCUT2D eigenvalue weighted by atomic mass is 19.3. The lowest BCUT2D eigenvalue weighted by atomic mass is 9.88. The Hall–Kier alpha value is -4.53. The van der Waals surface area contributed by atoms with Crippen LogP contribution in [0.15, 0.2) is 66.9 Å². The number of para-hydroxylation sites is 2. The van der Waals surface area contributed by atoms with Gasteiger partial charge < -0.3 is 19.2 Å². The molecule has 2 aliphatic heterocycles. The van der Waals surface area contributed by atoms with Gasteiger partial charge in [0.15, 0.2) is 0 Å². The van der Waals surface area contributed by atoms with Crippen LogP contribution in [0, 0.1) is 13.8 Å². The minimum atomic E-state index is -3.01. The van der Waals surface area contributed by atoms with Crippen molar-refractivity contribution in [2.45, 2.75) is 39.0 Å².